The number of likely N-dealkylation sites (tertiary alicyclic amines) is 1. The molecule has 0 aliphatic carbocycles. The Balaban J connectivity index is 1.51. The van der Waals surface area contributed by atoms with Crippen molar-refractivity contribution in [2.24, 2.45) is 0 Å². The van der Waals surface area contributed by atoms with Gasteiger partial charge >= 0.3 is 0 Å². The summed E-state index contributed by atoms with van der Waals surface area (Å²) < 4.78 is 2.12. The first-order chi connectivity index (χ1) is 13.7. The summed E-state index contributed by atoms with van der Waals surface area (Å²) in [5, 5.41) is 13.7. The Labute approximate surface area is 169 Å². The summed E-state index contributed by atoms with van der Waals surface area (Å²) in [5.74, 6) is 0.0283. The van der Waals surface area contributed by atoms with E-state index in [4.69, 9.17) is 0 Å². The fourth-order valence-electron chi connectivity index (χ4n) is 4.11. The SMILES string of the molecule is O=C(/C=C/c1cn(C[C@H](O)C[NH+]2CCCCC2)c2ccccc12)c1cccs1. The molecule has 1 atom stereocenters. The molecule has 1 aromatic carbocycles. The maximum atomic E-state index is 12.3. The summed E-state index contributed by atoms with van der Waals surface area (Å²) in [7, 11) is 0. The first kappa shape index (κ1) is 19.1. The van der Waals surface area contributed by atoms with E-state index < -0.39 is 0 Å². The van der Waals surface area contributed by atoms with Crippen molar-refractivity contribution in [2.75, 3.05) is 19.6 Å². The number of allylic oxidation sites excluding steroid dienone is 1. The fraction of sp³-hybridized carbons (Fsp3) is 0.348. The normalized spacial score (nSPS) is 16.8. The van der Waals surface area contributed by atoms with Crippen LogP contribution in [-0.4, -0.2) is 41.2 Å². The lowest BCUT2D eigenvalue weighted by Gasteiger charge is -2.25. The number of ketones is 1. The summed E-state index contributed by atoms with van der Waals surface area (Å²) in [4.78, 5) is 14.6. The Bertz CT molecular complexity index is 952. The maximum absolute atomic E-state index is 12.3. The van der Waals surface area contributed by atoms with E-state index in [-0.39, 0.29) is 11.9 Å². The second-order valence-corrected chi connectivity index (χ2v) is 8.55. The van der Waals surface area contributed by atoms with Gasteiger partial charge in [-0.3, -0.25) is 4.79 Å². The summed E-state index contributed by atoms with van der Waals surface area (Å²) in [6.45, 7) is 3.72. The van der Waals surface area contributed by atoms with Crippen LogP contribution in [0.25, 0.3) is 17.0 Å². The molecule has 2 aromatic heterocycles. The molecule has 4 nitrogen and oxygen atoms in total. The lowest BCUT2D eigenvalue weighted by molar-refractivity contribution is -0.908. The van der Waals surface area contributed by atoms with E-state index in [1.807, 2.05) is 35.7 Å². The Morgan fingerprint density at radius 1 is 1.18 bits per heavy atom. The second kappa shape index (κ2) is 8.86. The predicted molar refractivity (Wildman–Crippen MR) is 115 cm³/mol. The molecule has 0 bridgehead atoms. The van der Waals surface area contributed by atoms with Crippen LogP contribution in [0, 0.1) is 0 Å². The Morgan fingerprint density at radius 3 is 2.79 bits per heavy atom. The number of benzene rings is 1. The summed E-state index contributed by atoms with van der Waals surface area (Å²) in [5.41, 5.74) is 2.11. The predicted octanol–water partition coefficient (Wildman–Crippen LogP) is 3.03. The fourth-order valence-corrected chi connectivity index (χ4v) is 4.75. The highest BCUT2D eigenvalue weighted by Gasteiger charge is 2.19. The molecule has 0 unspecified atom stereocenters. The summed E-state index contributed by atoms with van der Waals surface area (Å²) in [6, 6.07) is 11.9. The average Bonchev–Trinajstić information content (AvgIpc) is 3.36. The van der Waals surface area contributed by atoms with Crippen LogP contribution in [0.2, 0.25) is 0 Å². The first-order valence-corrected chi connectivity index (χ1v) is 10.9. The lowest BCUT2D eigenvalue weighted by atomic mass is 10.1. The number of para-hydroxylation sites is 1. The number of nitrogens with zero attached hydrogens (tertiary/aromatic N) is 1. The van der Waals surface area contributed by atoms with Gasteiger partial charge in [0.15, 0.2) is 5.78 Å². The minimum atomic E-state index is -0.367. The number of piperidine rings is 1. The maximum Gasteiger partial charge on any atom is 0.195 e. The van der Waals surface area contributed by atoms with Crippen LogP contribution in [0.4, 0.5) is 0 Å². The number of rotatable bonds is 7. The number of quaternary nitrogens is 1. The van der Waals surface area contributed by atoms with Crippen LogP contribution >= 0.6 is 11.3 Å². The van der Waals surface area contributed by atoms with Crippen LogP contribution in [0.3, 0.4) is 0 Å². The lowest BCUT2D eigenvalue weighted by Crippen LogP contribution is -3.13. The third-order valence-electron chi connectivity index (χ3n) is 5.49. The van der Waals surface area contributed by atoms with Crippen LogP contribution in [0.1, 0.15) is 34.5 Å². The molecule has 2 N–H and O–H groups in total. The monoisotopic (exact) mass is 395 g/mol. The van der Waals surface area contributed by atoms with Gasteiger partial charge in [0.1, 0.15) is 12.6 Å². The standard InChI is InChI=1S/C23H26N2O2S/c26-19(16-24-12-4-1-5-13-24)17-25-15-18(20-7-2-3-8-21(20)25)10-11-22(27)23-9-6-14-28-23/h2-3,6-11,14-15,19,26H,1,4-5,12-13,16-17H2/p+1/b11-10+/t19-/m1/s1. The molecule has 3 heterocycles. The molecular weight excluding hydrogens is 368 g/mol. The van der Waals surface area contributed by atoms with Crippen molar-refractivity contribution in [2.45, 2.75) is 31.9 Å². The number of fused-ring (bicyclic) bond motifs is 1. The molecule has 28 heavy (non-hydrogen) atoms. The van der Waals surface area contributed by atoms with Crippen molar-refractivity contribution in [1.29, 1.82) is 0 Å². The van der Waals surface area contributed by atoms with E-state index in [1.165, 1.54) is 48.6 Å². The van der Waals surface area contributed by atoms with Crippen LogP contribution in [0.5, 0.6) is 0 Å². The molecule has 0 amide bonds. The molecular formula is C23H27N2O2S+. The molecule has 0 radical (unpaired) electrons. The molecule has 146 valence electrons. The number of nitrogens with one attached hydrogen (secondary N) is 1. The molecule has 0 saturated carbocycles. The molecule has 1 aliphatic rings. The zero-order chi connectivity index (χ0) is 19.3. The van der Waals surface area contributed by atoms with Gasteiger partial charge in [0.2, 0.25) is 0 Å². The quantitative estimate of drug-likeness (QED) is 0.477. The van der Waals surface area contributed by atoms with Gasteiger partial charge in [-0.15, -0.1) is 11.3 Å². The number of aromatic nitrogens is 1. The van der Waals surface area contributed by atoms with E-state index in [0.717, 1.165) is 27.9 Å². The Hall–Kier alpha value is -2.21. The van der Waals surface area contributed by atoms with E-state index in [9.17, 15) is 9.90 Å². The van der Waals surface area contributed by atoms with Crippen LogP contribution in [-0.2, 0) is 6.54 Å². The third-order valence-corrected chi connectivity index (χ3v) is 6.37. The third kappa shape index (κ3) is 4.43. The molecule has 1 fully saturated rings. The number of hydrogen-bond acceptors (Lipinski definition) is 3. The van der Waals surface area contributed by atoms with Crippen LogP contribution in [0.15, 0.2) is 54.1 Å². The minimum Gasteiger partial charge on any atom is -0.385 e. The molecule has 1 saturated heterocycles. The number of thiophene rings is 1. The summed E-state index contributed by atoms with van der Waals surface area (Å²) in [6.07, 6.45) is 9.08. The molecule has 1 aliphatic heterocycles. The Morgan fingerprint density at radius 2 is 2.00 bits per heavy atom. The van der Waals surface area contributed by atoms with Gasteiger partial charge < -0.3 is 14.6 Å². The van der Waals surface area contributed by atoms with Gasteiger partial charge in [0.05, 0.1) is 24.5 Å². The van der Waals surface area contributed by atoms with Crippen molar-refractivity contribution in [3.63, 3.8) is 0 Å². The zero-order valence-corrected chi connectivity index (χ0v) is 16.8. The highest BCUT2D eigenvalue weighted by molar-refractivity contribution is 7.12. The molecule has 0 spiro atoms. The minimum absolute atomic E-state index is 0.0283. The van der Waals surface area contributed by atoms with Gasteiger partial charge in [-0.1, -0.05) is 24.3 Å². The van der Waals surface area contributed by atoms with E-state index in [1.54, 1.807) is 6.08 Å². The highest BCUT2D eigenvalue weighted by Crippen LogP contribution is 2.23. The highest BCUT2D eigenvalue weighted by atomic mass is 32.1. The Kier molecular flexibility index (Phi) is 6.05. The summed E-state index contributed by atoms with van der Waals surface area (Å²) >= 11 is 1.46. The largest absolute Gasteiger partial charge is 0.385 e. The van der Waals surface area contributed by atoms with Crippen molar-refractivity contribution < 1.29 is 14.8 Å². The zero-order valence-electron chi connectivity index (χ0n) is 16.0. The average molecular weight is 396 g/mol. The number of aliphatic hydroxyl groups excluding tert-OH is 1. The smallest absolute Gasteiger partial charge is 0.195 e. The van der Waals surface area contributed by atoms with Gasteiger partial charge in [-0.2, -0.15) is 0 Å². The number of carbonyl (C=O) groups is 1. The van der Waals surface area contributed by atoms with Gasteiger partial charge in [-0.25, -0.2) is 0 Å². The van der Waals surface area contributed by atoms with Gasteiger partial charge in [0, 0.05) is 22.7 Å². The number of carbonyl (C=O) groups excluding carboxylic acids is 1. The van der Waals surface area contributed by atoms with Crippen molar-refractivity contribution in [3.05, 3.63) is 64.5 Å². The van der Waals surface area contributed by atoms with E-state index in [2.05, 4.69) is 22.9 Å². The van der Waals surface area contributed by atoms with Gasteiger partial charge in [0.25, 0.3) is 0 Å². The van der Waals surface area contributed by atoms with Gasteiger partial charge in [-0.05, 0) is 48.9 Å². The first-order valence-electron chi connectivity index (χ1n) is 10.1. The molecule has 3 aromatic rings. The van der Waals surface area contributed by atoms with E-state index >= 15 is 0 Å². The van der Waals surface area contributed by atoms with Crippen LogP contribution < -0.4 is 4.90 Å². The number of aliphatic hydroxyl groups is 1. The van der Waals surface area contributed by atoms with Crippen molar-refractivity contribution in [1.82, 2.24) is 4.57 Å². The molecule has 5 heteroatoms. The van der Waals surface area contributed by atoms with E-state index in [0.29, 0.717) is 6.54 Å². The second-order valence-electron chi connectivity index (χ2n) is 7.60. The topological polar surface area (TPSA) is 46.7 Å². The van der Waals surface area contributed by atoms with Crippen molar-refractivity contribution >= 4 is 34.1 Å². The molecule has 4 rings (SSSR count). The van der Waals surface area contributed by atoms with Crippen molar-refractivity contribution in [3.8, 4) is 0 Å². The number of hydrogen-bond donors (Lipinski definition) is 2.